The Balaban J connectivity index is 0.00000625. The Labute approximate surface area is 176 Å². The SMILES string of the molecule is CN=C(NCC(C1CC1)N(C)C)NCC(C)(C)NC(=O)OC(C)(C)C.I. The number of carbonyl (C=O) groups is 1. The zero-order valence-electron chi connectivity index (χ0n) is 17.6. The number of rotatable bonds is 7. The zero-order valence-corrected chi connectivity index (χ0v) is 19.9. The molecule has 0 spiro atoms. The Hall–Kier alpha value is -0.770. The van der Waals surface area contributed by atoms with Crippen molar-refractivity contribution in [2.75, 3.05) is 34.2 Å². The number of ether oxygens (including phenoxy) is 1. The fraction of sp³-hybridized carbons (Fsp3) is 0.889. The summed E-state index contributed by atoms with van der Waals surface area (Å²) in [5, 5.41) is 9.56. The number of halogens is 1. The van der Waals surface area contributed by atoms with Crippen molar-refractivity contribution in [1.82, 2.24) is 20.9 Å². The highest BCUT2D eigenvalue weighted by Crippen LogP contribution is 2.34. The van der Waals surface area contributed by atoms with Crippen molar-refractivity contribution in [1.29, 1.82) is 0 Å². The van der Waals surface area contributed by atoms with Crippen LogP contribution in [0.5, 0.6) is 0 Å². The van der Waals surface area contributed by atoms with E-state index in [9.17, 15) is 4.79 Å². The van der Waals surface area contributed by atoms with Crippen LogP contribution in [0.2, 0.25) is 0 Å². The summed E-state index contributed by atoms with van der Waals surface area (Å²) < 4.78 is 5.32. The number of hydrogen-bond donors (Lipinski definition) is 3. The fourth-order valence-electron chi connectivity index (χ4n) is 2.60. The van der Waals surface area contributed by atoms with E-state index in [1.54, 1.807) is 7.05 Å². The lowest BCUT2D eigenvalue weighted by Crippen LogP contribution is -2.55. The lowest BCUT2D eigenvalue weighted by Gasteiger charge is -2.30. The molecule has 0 radical (unpaired) electrons. The second-order valence-corrected chi connectivity index (χ2v) is 8.69. The normalized spacial score (nSPS) is 16.6. The van der Waals surface area contributed by atoms with Gasteiger partial charge in [0.15, 0.2) is 5.96 Å². The molecule has 0 heterocycles. The van der Waals surface area contributed by atoms with Gasteiger partial charge in [-0.15, -0.1) is 24.0 Å². The van der Waals surface area contributed by atoms with E-state index in [2.05, 4.69) is 39.9 Å². The van der Waals surface area contributed by atoms with E-state index in [0.717, 1.165) is 18.4 Å². The van der Waals surface area contributed by atoms with Crippen LogP contribution in [0.3, 0.4) is 0 Å². The van der Waals surface area contributed by atoms with E-state index in [4.69, 9.17) is 4.74 Å². The Morgan fingerprint density at radius 3 is 2.19 bits per heavy atom. The molecule has 1 aliphatic rings. The molecule has 1 fully saturated rings. The van der Waals surface area contributed by atoms with E-state index in [0.29, 0.717) is 12.6 Å². The van der Waals surface area contributed by atoms with Gasteiger partial charge in [-0.25, -0.2) is 4.79 Å². The summed E-state index contributed by atoms with van der Waals surface area (Å²) in [4.78, 5) is 18.5. The number of amides is 1. The summed E-state index contributed by atoms with van der Waals surface area (Å²) in [5.41, 5.74) is -0.966. The molecular weight excluding hydrogens is 445 g/mol. The van der Waals surface area contributed by atoms with Gasteiger partial charge in [0.25, 0.3) is 0 Å². The van der Waals surface area contributed by atoms with Crippen LogP contribution in [0.15, 0.2) is 4.99 Å². The summed E-state index contributed by atoms with van der Waals surface area (Å²) in [5.74, 6) is 1.53. The van der Waals surface area contributed by atoms with Crippen LogP contribution >= 0.6 is 24.0 Å². The summed E-state index contributed by atoms with van der Waals surface area (Å²) in [7, 11) is 5.99. The molecule has 1 amide bonds. The third kappa shape index (κ3) is 10.4. The van der Waals surface area contributed by atoms with Gasteiger partial charge in [0.1, 0.15) is 5.60 Å². The summed E-state index contributed by atoms with van der Waals surface area (Å²) in [6.45, 7) is 10.9. The molecule has 1 aliphatic carbocycles. The highest BCUT2D eigenvalue weighted by atomic mass is 127. The molecule has 1 unspecified atom stereocenters. The second-order valence-electron chi connectivity index (χ2n) is 8.69. The van der Waals surface area contributed by atoms with E-state index in [1.165, 1.54) is 12.8 Å². The van der Waals surface area contributed by atoms with Gasteiger partial charge in [-0.3, -0.25) is 4.99 Å². The van der Waals surface area contributed by atoms with Gasteiger partial charge in [-0.1, -0.05) is 0 Å². The largest absolute Gasteiger partial charge is 0.444 e. The van der Waals surface area contributed by atoms with Crippen LogP contribution in [0.25, 0.3) is 0 Å². The molecule has 1 saturated carbocycles. The molecule has 1 atom stereocenters. The van der Waals surface area contributed by atoms with E-state index in [1.807, 2.05) is 34.6 Å². The molecule has 1 rings (SSSR count). The first-order valence-corrected chi connectivity index (χ1v) is 9.05. The Bertz CT molecular complexity index is 469. The number of carbonyl (C=O) groups excluding carboxylic acids is 1. The Morgan fingerprint density at radius 1 is 1.19 bits per heavy atom. The Morgan fingerprint density at radius 2 is 1.77 bits per heavy atom. The maximum absolute atomic E-state index is 11.9. The molecule has 26 heavy (non-hydrogen) atoms. The van der Waals surface area contributed by atoms with Gasteiger partial charge in [-0.2, -0.15) is 0 Å². The van der Waals surface area contributed by atoms with Crippen LogP contribution in [0, 0.1) is 5.92 Å². The minimum Gasteiger partial charge on any atom is -0.444 e. The maximum Gasteiger partial charge on any atom is 0.408 e. The van der Waals surface area contributed by atoms with Gasteiger partial charge in [-0.05, 0) is 67.5 Å². The fourth-order valence-corrected chi connectivity index (χ4v) is 2.60. The quantitative estimate of drug-likeness (QED) is 0.295. The van der Waals surface area contributed by atoms with E-state index < -0.39 is 17.2 Å². The molecule has 0 bridgehead atoms. The van der Waals surface area contributed by atoms with Crippen molar-refractivity contribution in [3.8, 4) is 0 Å². The molecule has 0 aromatic rings. The van der Waals surface area contributed by atoms with Crippen molar-refractivity contribution in [2.24, 2.45) is 10.9 Å². The van der Waals surface area contributed by atoms with Gasteiger partial charge in [0, 0.05) is 26.2 Å². The van der Waals surface area contributed by atoms with E-state index >= 15 is 0 Å². The van der Waals surface area contributed by atoms with Crippen molar-refractivity contribution < 1.29 is 9.53 Å². The Kier molecular flexibility index (Phi) is 10.2. The number of nitrogens with zero attached hydrogens (tertiary/aromatic N) is 2. The molecule has 0 aromatic carbocycles. The molecule has 3 N–H and O–H groups in total. The molecule has 7 nitrogen and oxygen atoms in total. The highest BCUT2D eigenvalue weighted by Gasteiger charge is 2.32. The van der Waals surface area contributed by atoms with Gasteiger partial charge in [0.05, 0.1) is 5.54 Å². The summed E-state index contributed by atoms with van der Waals surface area (Å²) in [6.07, 6.45) is 2.20. The maximum atomic E-state index is 11.9. The predicted octanol–water partition coefficient (Wildman–Crippen LogP) is 2.41. The standard InChI is InChI=1S/C18H37N5O2.HI/c1-17(2,3)25-16(24)22-18(4,5)12-21-15(19-6)20-11-14(23(7)8)13-9-10-13;/h13-14H,9-12H2,1-8H3,(H,22,24)(H2,19,20,21);1H. The average Bonchev–Trinajstić information content (AvgIpc) is 3.23. The van der Waals surface area contributed by atoms with Crippen molar-refractivity contribution in [2.45, 2.75) is 64.6 Å². The smallest absolute Gasteiger partial charge is 0.408 e. The minimum atomic E-state index is -0.505. The highest BCUT2D eigenvalue weighted by molar-refractivity contribution is 14.0. The lowest BCUT2D eigenvalue weighted by molar-refractivity contribution is 0.0474. The van der Waals surface area contributed by atoms with Gasteiger partial charge >= 0.3 is 6.09 Å². The first kappa shape index (κ1) is 25.2. The predicted molar refractivity (Wildman–Crippen MR) is 118 cm³/mol. The number of aliphatic imine (C=N–C) groups is 1. The first-order chi connectivity index (χ1) is 11.4. The molecule has 154 valence electrons. The molecular formula is C18H38IN5O2. The first-order valence-electron chi connectivity index (χ1n) is 9.05. The van der Waals surface area contributed by atoms with Gasteiger partial charge < -0.3 is 25.6 Å². The third-order valence-corrected chi connectivity index (χ3v) is 4.07. The van der Waals surface area contributed by atoms with Crippen molar-refractivity contribution in [3.05, 3.63) is 0 Å². The molecule has 0 aromatic heterocycles. The van der Waals surface area contributed by atoms with Crippen molar-refractivity contribution in [3.63, 3.8) is 0 Å². The second kappa shape index (κ2) is 10.5. The zero-order chi connectivity index (χ0) is 19.3. The van der Waals surface area contributed by atoms with Crippen molar-refractivity contribution >= 4 is 36.0 Å². The number of alkyl carbamates (subject to hydrolysis) is 1. The lowest BCUT2D eigenvalue weighted by atomic mass is 10.1. The van der Waals surface area contributed by atoms with Crippen LogP contribution in [0.1, 0.15) is 47.5 Å². The van der Waals surface area contributed by atoms with Crippen LogP contribution in [-0.2, 0) is 4.74 Å². The summed E-state index contributed by atoms with van der Waals surface area (Å²) >= 11 is 0. The van der Waals surface area contributed by atoms with Crippen LogP contribution in [-0.4, -0.2) is 68.4 Å². The molecule has 0 aliphatic heterocycles. The van der Waals surface area contributed by atoms with Crippen LogP contribution < -0.4 is 16.0 Å². The van der Waals surface area contributed by atoms with Crippen LogP contribution in [0.4, 0.5) is 4.79 Å². The topological polar surface area (TPSA) is 78.0 Å². The van der Waals surface area contributed by atoms with E-state index in [-0.39, 0.29) is 24.0 Å². The minimum absolute atomic E-state index is 0. The molecule has 8 heteroatoms. The monoisotopic (exact) mass is 483 g/mol. The average molecular weight is 483 g/mol. The number of hydrogen-bond acceptors (Lipinski definition) is 4. The number of nitrogens with one attached hydrogen (secondary N) is 3. The molecule has 0 saturated heterocycles. The van der Waals surface area contributed by atoms with Gasteiger partial charge in [0.2, 0.25) is 0 Å². The number of likely N-dealkylation sites (N-methyl/N-ethyl adjacent to an activating group) is 1. The number of guanidine groups is 1. The summed E-state index contributed by atoms with van der Waals surface area (Å²) in [6, 6.07) is 0.520. The third-order valence-electron chi connectivity index (χ3n) is 4.07.